The van der Waals surface area contributed by atoms with E-state index in [9.17, 15) is 4.79 Å². The van der Waals surface area contributed by atoms with E-state index in [4.69, 9.17) is 0 Å². The van der Waals surface area contributed by atoms with Gasteiger partial charge in [0.15, 0.2) is 0 Å². The van der Waals surface area contributed by atoms with E-state index in [1.807, 2.05) is 54.6 Å². The number of hydrogen-bond donors (Lipinski definition) is 2. The SMILES string of the molecule is O=C(CNc1ccc2ccccc2c1)Nc1ccc(Br)cc1. The quantitative estimate of drug-likeness (QED) is 0.715. The first kappa shape index (κ1) is 14.6. The van der Waals surface area contributed by atoms with Crippen LogP contribution in [-0.4, -0.2) is 12.5 Å². The van der Waals surface area contributed by atoms with Gasteiger partial charge in [0, 0.05) is 15.8 Å². The fourth-order valence-electron chi connectivity index (χ4n) is 2.22. The second kappa shape index (κ2) is 6.62. The maximum absolute atomic E-state index is 11.9. The molecule has 110 valence electrons. The number of anilines is 2. The van der Waals surface area contributed by atoms with Crippen LogP contribution in [0.4, 0.5) is 11.4 Å². The summed E-state index contributed by atoms with van der Waals surface area (Å²) in [7, 11) is 0. The largest absolute Gasteiger partial charge is 0.376 e. The van der Waals surface area contributed by atoms with Crippen LogP contribution in [0.3, 0.4) is 0 Å². The summed E-state index contributed by atoms with van der Waals surface area (Å²) in [4.78, 5) is 11.9. The first-order chi connectivity index (χ1) is 10.7. The highest BCUT2D eigenvalue weighted by atomic mass is 79.9. The first-order valence-corrected chi connectivity index (χ1v) is 7.78. The van der Waals surface area contributed by atoms with Gasteiger partial charge in [-0.25, -0.2) is 0 Å². The lowest BCUT2D eigenvalue weighted by molar-refractivity contribution is -0.114. The van der Waals surface area contributed by atoms with Crippen LogP contribution >= 0.6 is 15.9 Å². The van der Waals surface area contributed by atoms with Crippen LogP contribution in [0.25, 0.3) is 10.8 Å². The summed E-state index contributed by atoms with van der Waals surface area (Å²) in [5.41, 5.74) is 1.72. The van der Waals surface area contributed by atoms with Gasteiger partial charge in [-0.15, -0.1) is 0 Å². The maximum atomic E-state index is 11.9. The van der Waals surface area contributed by atoms with E-state index < -0.39 is 0 Å². The number of rotatable bonds is 4. The van der Waals surface area contributed by atoms with Gasteiger partial charge in [-0.2, -0.15) is 0 Å². The summed E-state index contributed by atoms with van der Waals surface area (Å²) in [6, 6.07) is 21.7. The molecule has 0 fully saturated rings. The molecule has 0 radical (unpaired) electrons. The normalized spacial score (nSPS) is 10.4. The van der Waals surface area contributed by atoms with Crippen molar-refractivity contribution in [2.75, 3.05) is 17.2 Å². The molecule has 0 aliphatic rings. The van der Waals surface area contributed by atoms with Crippen LogP contribution in [0, 0.1) is 0 Å². The second-order valence-corrected chi connectivity index (χ2v) is 5.89. The monoisotopic (exact) mass is 354 g/mol. The minimum atomic E-state index is -0.0736. The topological polar surface area (TPSA) is 41.1 Å². The van der Waals surface area contributed by atoms with Crippen LogP contribution in [-0.2, 0) is 4.79 Å². The van der Waals surface area contributed by atoms with Gasteiger partial charge in [0.05, 0.1) is 6.54 Å². The third-order valence-corrected chi connectivity index (χ3v) is 3.86. The number of amides is 1. The van der Waals surface area contributed by atoms with Crippen molar-refractivity contribution in [2.24, 2.45) is 0 Å². The third kappa shape index (κ3) is 3.65. The van der Waals surface area contributed by atoms with Crippen molar-refractivity contribution < 1.29 is 4.79 Å². The van der Waals surface area contributed by atoms with E-state index in [1.165, 1.54) is 5.39 Å². The maximum Gasteiger partial charge on any atom is 0.243 e. The second-order valence-electron chi connectivity index (χ2n) is 4.97. The number of carbonyl (C=O) groups is 1. The Kier molecular flexibility index (Phi) is 4.39. The Balaban J connectivity index is 1.60. The van der Waals surface area contributed by atoms with Gasteiger partial charge in [0.1, 0.15) is 0 Å². The molecule has 0 spiro atoms. The van der Waals surface area contributed by atoms with E-state index in [0.29, 0.717) is 0 Å². The number of hydrogen-bond acceptors (Lipinski definition) is 2. The minimum absolute atomic E-state index is 0.0736. The van der Waals surface area contributed by atoms with Gasteiger partial charge in [-0.1, -0.05) is 46.3 Å². The Morgan fingerprint density at radius 3 is 2.32 bits per heavy atom. The van der Waals surface area contributed by atoms with Gasteiger partial charge < -0.3 is 10.6 Å². The highest BCUT2D eigenvalue weighted by Gasteiger charge is 2.03. The molecule has 22 heavy (non-hydrogen) atoms. The third-order valence-electron chi connectivity index (χ3n) is 3.33. The molecule has 3 rings (SSSR count). The number of carbonyl (C=O) groups excluding carboxylic acids is 1. The molecular weight excluding hydrogens is 340 g/mol. The molecule has 0 unspecified atom stereocenters. The van der Waals surface area contributed by atoms with Crippen molar-refractivity contribution in [1.82, 2.24) is 0 Å². The van der Waals surface area contributed by atoms with Gasteiger partial charge in [-0.05, 0) is 47.2 Å². The van der Waals surface area contributed by atoms with E-state index >= 15 is 0 Å². The number of halogens is 1. The van der Waals surface area contributed by atoms with Gasteiger partial charge >= 0.3 is 0 Å². The molecular formula is C18H15BrN2O. The number of fused-ring (bicyclic) bond motifs is 1. The zero-order valence-corrected chi connectivity index (χ0v) is 13.4. The van der Waals surface area contributed by atoms with Gasteiger partial charge in [0.25, 0.3) is 0 Å². The molecule has 3 aromatic carbocycles. The van der Waals surface area contributed by atoms with Crippen molar-refractivity contribution in [2.45, 2.75) is 0 Å². The average Bonchev–Trinajstić information content (AvgIpc) is 2.55. The fourth-order valence-corrected chi connectivity index (χ4v) is 2.48. The van der Waals surface area contributed by atoms with Crippen LogP contribution in [0.1, 0.15) is 0 Å². The lowest BCUT2D eigenvalue weighted by Crippen LogP contribution is -2.21. The predicted octanol–water partition coefficient (Wildman–Crippen LogP) is 4.65. The molecule has 1 amide bonds. The van der Waals surface area contributed by atoms with Crippen molar-refractivity contribution in [3.05, 3.63) is 71.2 Å². The molecule has 4 heteroatoms. The lowest BCUT2D eigenvalue weighted by Gasteiger charge is -2.09. The molecule has 0 aliphatic heterocycles. The summed E-state index contributed by atoms with van der Waals surface area (Å²) in [5.74, 6) is -0.0736. The molecule has 0 bridgehead atoms. The highest BCUT2D eigenvalue weighted by Crippen LogP contribution is 2.19. The Bertz CT molecular complexity index is 800. The van der Waals surface area contributed by atoms with Gasteiger partial charge in [-0.3, -0.25) is 4.79 Å². The van der Waals surface area contributed by atoms with E-state index in [1.54, 1.807) is 0 Å². The number of nitrogens with one attached hydrogen (secondary N) is 2. The van der Waals surface area contributed by atoms with Gasteiger partial charge in [0.2, 0.25) is 5.91 Å². The van der Waals surface area contributed by atoms with Crippen molar-refractivity contribution in [1.29, 1.82) is 0 Å². The molecule has 0 aromatic heterocycles. The lowest BCUT2D eigenvalue weighted by atomic mass is 10.1. The molecule has 3 nitrogen and oxygen atoms in total. The van der Waals surface area contributed by atoms with Crippen LogP contribution in [0.15, 0.2) is 71.2 Å². The average molecular weight is 355 g/mol. The zero-order valence-electron chi connectivity index (χ0n) is 11.8. The molecule has 0 atom stereocenters. The Morgan fingerprint density at radius 1 is 0.864 bits per heavy atom. The smallest absolute Gasteiger partial charge is 0.243 e. The molecule has 0 heterocycles. The zero-order chi connectivity index (χ0) is 15.4. The summed E-state index contributed by atoms with van der Waals surface area (Å²) < 4.78 is 0.986. The van der Waals surface area contributed by atoms with Crippen molar-refractivity contribution in [3.63, 3.8) is 0 Å². The fraction of sp³-hybridized carbons (Fsp3) is 0.0556. The van der Waals surface area contributed by atoms with E-state index in [2.05, 4.69) is 38.7 Å². The van der Waals surface area contributed by atoms with Crippen LogP contribution in [0.5, 0.6) is 0 Å². The Hall–Kier alpha value is -2.33. The first-order valence-electron chi connectivity index (χ1n) is 6.99. The highest BCUT2D eigenvalue weighted by molar-refractivity contribution is 9.10. The summed E-state index contributed by atoms with van der Waals surface area (Å²) in [6.07, 6.45) is 0. The summed E-state index contributed by atoms with van der Waals surface area (Å²) in [6.45, 7) is 0.231. The standard InChI is InChI=1S/C18H15BrN2O/c19-15-6-9-16(10-7-15)21-18(22)12-20-17-8-5-13-3-1-2-4-14(13)11-17/h1-11,20H,12H2,(H,21,22). The molecule has 0 saturated heterocycles. The van der Waals surface area contributed by atoms with E-state index in [0.717, 1.165) is 21.2 Å². The van der Waals surface area contributed by atoms with Crippen LogP contribution in [0.2, 0.25) is 0 Å². The summed E-state index contributed by atoms with van der Waals surface area (Å²) >= 11 is 3.37. The van der Waals surface area contributed by atoms with Crippen molar-refractivity contribution >= 4 is 44.0 Å². The van der Waals surface area contributed by atoms with Crippen LogP contribution < -0.4 is 10.6 Å². The predicted molar refractivity (Wildman–Crippen MR) is 95.2 cm³/mol. The minimum Gasteiger partial charge on any atom is -0.376 e. The summed E-state index contributed by atoms with van der Waals surface area (Å²) in [5, 5.41) is 8.34. The van der Waals surface area contributed by atoms with E-state index in [-0.39, 0.29) is 12.5 Å². The Morgan fingerprint density at radius 2 is 1.55 bits per heavy atom. The molecule has 3 aromatic rings. The Labute approximate surface area is 137 Å². The molecule has 0 saturated carbocycles. The molecule has 0 aliphatic carbocycles. The molecule has 2 N–H and O–H groups in total. The number of benzene rings is 3. The van der Waals surface area contributed by atoms with Crippen molar-refractivity contribution in [3.8, 4) is 0 Å².